The van der Waals surface area contributed by atoms with Crippen LogP contribution in [0.15, 0.2) is 12.3 Å². The lowest BCUT2D eigenvalue weighted by Gasteiger charge is -2.15. The lowest BCUT2D eigenvalue weighted by molar-refractivity contribution is 0.507. The van der Waals surface area contributed by atoms with E-state index in [1.54, 1.807) is 0 Å². The minimum absolute atomic E-state index is 0.377. The normalized spacial score (nSPS) is 13.1. The summed E-state index contributed by atoms with van der Waals surface area (Å²) < 4.78 is 3.98. The van der Waals surface area contributed by atoms with Gasteiger partial charge in [0.1, 0.15) is 0 Å². The molecule has 0 radical (unpaired) electrons. The molecule has 1 atom stereocenters. The Labute approximate surface area is 127 Å². The highest BCUT2D eigenvalue weighted by Crippen LogP contribution is 2.16. The second-order valence-corrected chi connectivity index (χ2v) is 6.05. The van der Waals surface area contributed by atoms with Gasteiger partial charge in [0.25, 0.3) is 0 Å². The average molecular weight is 289 g/mol. The predicted molar refractivity (Wildman–Crippen MR) is 85.5 cm³/mol. The van der Waals surface area contributed by atoms with Gasteiger partial charge in [0, 0.05) is 37.4 Å². The van der Waals surface area contributed by atoms with E-state index in [4.69, 9.17) is 0 Å². The smallest absolute Gasteiger partial charge is 0.0640 e. The van der Waals surface area contributed by atoms with Crippen molar-refractivity contribution in [2.75, 3.05) is 7.05 Å². The molecule has 0 amide bonds. The van der Waals surface area contributed by atoms with Gasteiger partial charge in [-0.3, -0.25) is 9.36 Å². The number of aromatic nitrogens is 4. The summed E-state index contributed by atoms with van der Waals surface area (Å²) in [5.41, 5.74) is 4.87. The molecule has 1 N–H and O–H groups in total. The fraction of sp³-hybridized carbons (Fsp3) is 0.625. The molecule has 1 unspecified atom stereocenters. The van der Waals surface area contributed by atoms with Crippen LogP contribution >= 0.6 is 0 Å². The minimum atomic E-state index is 0.377. The molecular weight excluding hydrogens is 262 g/mol. The van der Waals surface area contributed by atoms with Gasteiger partial charge in [-0.1, -0.05) is 0 Å². The summed E-state index contributed by atoms with van der Waals surface area (Å²) in [5.74, 6) is 0. The first-order valence-electron chi connectivity index (χ1n) is 7.62. The minimum Gasteiger partial charge on any atom is -0.316 e. The average Bonchev–Trinajstić information content (AvgIpc) is 2.98. The van der Waals surface area contributed by atoms with Gasteiger partial charge in [0.15, 0.2) is 0 Å². The Kier molecular flexibility index (Phi) is 4.83. The molecule has 0 aliphatic carbocycles. The molecule has 0 saturated heterocycles. The van der Waals surface area contributed by atoms with Crippen molar-refractivity contribution in [3.63, 3.8) is 0 Å². The molecule has 5 heteroatoms. The Hall–Kier alpha value is -1.62. The number of hydrogen-bond acceptors (Lipinski definition) is 3. The van der Waals surface area contributed by atoms with Gasteiger partial charge in [0.2, 0.25) is 0 Å². The fourth-order valence-electron chi connectivity index (χ4n) is 2.66. The van der Waals surface area contributed by atoms with Gasteiger partial charge in [-0.2, -0.15) is 10.2 Å². The number of aryl methyl sites for hydroxylation is 2. The lowest BCUT2D eigenvalue weighted by atomic mass is 10.0. The molecule has 116 valence electrons. The molecule has 0 fully saturated rings. The van der Waals surface area contributed by atoms with Crippen molar-refractivity contribution in [3.05, 3.63) is 34.9 Å². The van der Waals surface area contributed by atoms with Crippen molar-refractivity contribution in [2.24, 2.45) is 7.05 Å². The number of likely N-dealkylation sites (N-methyl/N-ethyl adjacent to an activating group) is 1. The highest BCUT2D eigenvalue weighted by atomic mass is 15.3. The van der Waals surface area contributed by atoms with Crippen LogP contribution in [0.2, 0.25) is 0 Å². The summed E-state index contributed by atoms with van der Waals surface area (Å²) in [5, 5.41) is 12.6. The SMILES string of the molecule is CNC(Cc1ccn(C(C)C)n1)Cc1c(C)nn(C)c1C. The number of nitrogens with one attached hydrogen (secondary N) is 1. The van der Waals surface area contributed by atoms with Crippen LogP contribution in [0, 0.1) is 13.8 Å². The van der Waals surface area contributed by atoms with E-state index in [0.717, 1.165) is 24.2 Å². The zero-order valence-electron chi connectivity index (χ0n) is 14.0. The summed E-state index contributed by atoms with van der Waals surface area (Å²) in [6.45, 7) is 8.52. The van der Waals surface area contributed by atoms with Crippen LogP contribution in [-0.2, 0) is 19.9 Å². The molecule has 0 aliphatic heterocycles. The van der Waals surface area contributed by atoms with Crippen molar-refractivity contribution < 1.29 is 0 Å². The van der Waals surface area contributed by atoms with Gasteiger partial charge in [-0.15, -0.1) is 0 Å². The van der Waals surface area contributed by atoms with Gasteiger partial charge in [0.05, 0.1) is 11.4 Å². The van der Waals surface area contributed by atoms with E-state index in [-0.39, 0.29) is 0 Å². The molecule has 5 nitrogen and oxygen atoms in total. The molecule has 2 aromatic rings. The van der Waals surface area contributed by atoms with Crippen molar-refractivity contribution >= 4 is 0 Å². The first-order valence-corrected chi connectivity index (χ1v) is 7.62. The topological polar surface area (TPSA) is 47.7 Å². The summed E-state index contributed by atoms with van der Waals surface area (Å²) in [7, 11) is 4.02. The van der Waals surface area contributed by atoms with Crippen LogP contribution in [0.3, 0.4) is 0 Å². The quantitative estimate of drug-likeness (QED) is 0.887. The van der Waals surface area contributed by atoms with Crippen LogP contribution in [0.1, 0.15) is 42.5 Å². The first-order chi connectivity index (χ1) is 9.92. The molecule has 0 saturated carbocycles. The third-order valence-corrected chi connectivity index (χ3v) is 4.17. The summed E-state index contributed by atoms with van der Waals surface area (Å²) >= 11 is 0. The molecule has 21 heavy (non-hydrogen) atoms. The van der Waals surface area contributed by atoms with Gasteiger partial charge >= 0.3 is 0 Å². The van der Waals surface area contributed by atoms with E-state index in [9.17, 15) is 0 Å². The maximum absolute atomic E-state index is 4.65. The van der Waals surface area contributed by atoms with Crippen LogP contribution in [0.4, 0.5) is 0 Å². The molecule has 2 heterocycles. The van der Waals surface area contributed by atoms with Crippen LogP contribution in [0.5, 0.6) is 0 Å². The van der Waals surface area contributed by atoms with Crippen molar-refractivity contribution in [1.29, 1.82) is 0 Å². The highest BCUT2D eigenvalue weighted by Gasteiger charge is 2.16. The highest BCUT2D eigenvalue weighted by molar-refractivity contribution is 5.25. The van der Waals surface area contributed by atoms with E-state index in [0.29, 0.717) is 12.1 Å². The monoisotopic (exact) mass is 289 g/mol. The van der Waals surface area contributed by atoms with Gasteiger partial charge in [-0.05, 0) is 52.8 Å². The zero-order valence-corrected chi connectivity index (χ0v) is 14.0. The van der Waals surface area contributed by atoms with Crippen LogP contribution in [-0.4, -0.2) is 32.7 Å². The number of hydrogen-bond donors (Lipinski definition) is 1. The Morgan fingerprint density at radius 3 is 2.38 bits per heavy atom. The Morgan fingerprint density at radius 2 is 1.90 bits per heavy atom. The number of nitrogens with zero attached hydrogens (tertiary/aromatic N) is 4. The Balaban J connectivity index is 2.09. The van der Waals surface area contributed by atoms with Crippen molar-refractivity contribution in [1.82, 2.24) is 24.9 Å². The van der Waals surface area contributed by atoms with E-state index < -0.39 is 0 Å². The van der Waals surface area contributed by atoms with E-state index in [2.05, 4.69) is 55.5 Å². The fourth-order valence-corrected chi connectivity index (χ4v) is 2.66. The van der Waals surface area contributed by atoms with Crippen molar-refractivity contribution in [3.8, 4) is 0 Å². The van der Waals surface area contributed by atoms with E-state index in [1.165, 1.54) is 11.3 Å². The molecule has 2 rings (SSSR count). The largest absolute Gasteiger partial charge is 0.316 e. The van der Waals surface area contributed by atoms with Crippen molar-refractivity contribution in [2.45, 2.75) is 52.6 Å². The van der Waals surface area contributed by atoms with E-state index >= 15 is 0 Å². The summed E-state index contributed by atoms with van der Waals surface area (Å²) in [4.78, 5) is 0. The summed E-state index contributed by atoms with van der Waals surface area (Å²) in [6, 6.07) is 2.91. The molecule has 0 aliphatic rings. The lowest BCUT2D eigenvalue weighted by Crippen LogP contribution is -2.30. The third kappa shape index (κ3) is 3.53. The summed E-state index contributed by atoms with van der Waals surface area (Å²) in [6.07, 6.45) is 3.98. The molecular formula is C16H27N5. The van der Waals surface area contributed by atoms with Crippen LogP contribution in [0.25, 0.3) is 0 Å². The predicted octanol–water partition coefficient (Wildman–Crippen LogP) is 2.19. The molecule has 0 spiro atoms. The second-order valence-electron chi connectivity index (χ2n) is 6.05. The third-order valence-electron chi connectivity index (χ3n) is 4.17. The van der Waals surface area contributed by atoms with Gasteiger partial charge in [-0.25, -0.2) is 0 Å². The Bertz CT molecular complexity index is 594. The molecule has 0 bridgehead atoms. The first kappa shape index (κ1) is 15.8. The van der Waals surface area contributed by atoms with Crippen LogP contribution < -0.4 is 5.32 Å². The molecule has 2 aromatic heterocycles. The zero-order chi connectivity index (χ0) is 15.6. The molecule has 0 aromatic carbocycles. The maximum atomic E-state index is 4.65. The maximum Gasteiger partial charge on any atom is 0.0640 e. The number of rotatable bonds is 6. The standard InChI is InChI=1S/C16H27N5/c1-11(2)21-8-7-14(19-21)9-15(17-5)10-16-12(3)18-20(6)13(16)4/h7-8,11,15,17H,9-10H2,1-6H3. The van der Waals surface area contributed by atoms with Gasteiger partial charge < -0.3 is 5.32 Å². The van der Waals surface area contributed by atoms with E-state index in [1.807, 2.05) is 23.5 Å². The Morgan fingerprint density at radius 1 is 1.19 bits per heavy atom. The second kappa shape index (κ2) is 6.43.